The molecule has 1 atom stereocenters. The molecule has 3 aromatic heterocycles. The number of nitrogens with one attached hydrogen (secondary N) is 1. The Morgan fingerprint density at radius 3 is 2.68 bits per heavy atom. The molecule has 9 heteroatoms. The molecule has 5 aromatic rings. The first-order valence-electron chi connectivity index (χ1n) is 12.5. The van der Waals surface area contributed by atoms with Gasteiger partial charge in [-0.2, -0.15) is 0 Å². The van der Waals surface area contributed by atoms with Crippen LogP contribution < -0.4 is 10.3 Å². The number of hydrogen-bond donors (Lipinski definition) is 1. The number of fused-ring (bicyclic) bond motifs is 1. The Morgan fingerprint density at radius 2 is 1.92 bits per heavy atom. The number of thiophene rings is 1. The van der Waals surface area contributed by atoms with Crippen LogP contribution in [0.15, 0.2) is 76.9 Å². The molecular weight excluding hydrogens is 484 g/mol. The Labute approximate surface area is 219 Å². The van der Waals surface area contributed by atoms with Gasteiger partial charge in [-0.05, 0) is 65.0 Å². The summed E-state index contributed by atoms with van der Waals surface area (Å²) < 4.78 is 7.54. The van der Waals surface area contributed by atoms with E-state index in [1.165, 1.54) is 4.88 Å². The summed E-state index contributed by atoms with van der Waals surface area (Å²) in [6, 6.07) is 22.0. The molecular formula is C28H30N6O2S. The fraction of sp³-hybridized carbons (Fsp3) is 0.286. The van der Waals surface area contributed by atoms with Crippen molar-refractivity contribution in [3.05, 3.63) is 104 Å². The van der Waals surface area contributed by atoms with Crippen LogP contribution in [-0.4, -0.2) is 36.7 Å². The molecule has 0 radical (unpaired) electrons. The maximum absolute atomic E-state index is 13.1. The lowest BCUT2D eigenvalue weighted by Gasteiger charge is -2.30. The van der Waals surface area contributed by atoms with Crippen molar-refractivity contribution >= 4 is 22.2 Å². The first kappa shape index (κ1) is 24.9. The van der Waals surface area contributed by atoms with E-state index in [0.29, 0.717) is 31.8 Å². The summed E-state index contributed by atoms with van der Waals surface area (Å²) in [5.41, 5.74) is 2.53. The number of nitrogens with zero attached hydrogens (tertiary/aromatic N) is 5. The van der Waals surface area contributed by atoms with Gasteiger partial charge in [-0.3, -0.25) is 9.69 Å². The second-order valence-corrected chi connectivity index (χ2v) is 9.93. The normalized spacial score (nSPS) is 12.3. The highest BCUT2D eigenvalue weighted by atomic mass is 32.1. The average Bonchev–Trinajstić information content (AvgIpc) is 3.58. The van der Waals surface area contributed by atoms with Gasteiger partial charge < -0.3 is 9.72 Å². The van der Waals surface area contributed by atoms with Crippen LogP contribution in [0.2, 0.25) is 0 Å². The number of benzene rings is 2. The van der Waals surface area contributed by atoms with E-state index in [1.807, 2.05) is 54.1 Å². The van der Waals surface area contributed by atoms with Crippen molar-refractivity contribution in [3.8, 4) is 5.75 Å². The molecule has 0 aliphatic heterocycles. The molecule has 3 heterocycles. The van der Waals surface area contributed by atoms with Crippen LogP contribution in [0.4, 0.5) is 0 Å². The van der Waals surface area contributed by atoms with E-state index in [-0.39, 0.29) is 11.6 Å². The number of ether oxygens (including phenoxy) is 1. The monoisotopic (exact) mass is 514 g/mol. The maximum atomic E-state index is 13.1. The number of tetrazole rings is 1. The third-order valence-electron chi connectivity index (χ3n) is 6.38. The van der Waals surface area contributed by atoms with Gasteiger partial charge in [-0.15, -0.1) is 16.4 Å². The number of hydrogen-bond acceptors (Lipinski definition) is 7. The topological polar surface area (TPSA) is 88.9 Å². The van der Waals surface area contributed by atoms with Gasteiger partial charge in [0.1, 0.15) is 5.75 Å². The van der Waals surface area contributed by atoms with E-state index >= 15 is 0 Å². The highest BCUT2D eigenvalue weighted by Gasteiger charge is 2.26. The minimum atomic E-state index is -0.0911. The SMILES string of the molecule is CCOc1ccc2[nH]c(=O)c(CN(Cc3cccs3)C(CC)c3nnnn3Cc3ccccc3)cc2c1. The largest absolute Gasteiger partial charge is 0.494 e. The Hall–Kier alpha value is -3.82. The van der Waals surface area contributed by atoms with Gasteiger partial charge in [0, 0.05) is 34.4 Å². The molecule has 2 aromatic carbocycles. The molecule has 0 saturated carbocycles. The Balaban J connectivity index is 1.50. The summed E-state index contributed by atoms with van der Waals surface area (Å²) in [6.45, 7) is 6.41. The van der Waals surface area contributed by atoms with E-state index in [2.05, 4.69) is 62.0 Å². The van der Waals surface area contributed by atoms with Gasteiger partial charge in [-0.1, -0.05) is 43.3 Å². The smallest absolute Gasteiger partial charge is 0.252 e. The second-order valence-electron chi connectivity index (χ2n) is 8.89. The van der Waals surface area contributed by atoms with Crippen LogP contribution in [0.5, 0.6) is 5.75 Å². The van der Waals surface area contributed by atoms with E-state index in [9.17, 15) is 4.79 Å². The lowest BCUT2D eigenvalue weighted by Crippen LogP contribution is -2.32. The van der Waals surface area contributed by atoms with Gasteiger partial charge in [0.25, 0.3) is 5.56 Å². The van der Waals surface area contributed by atoms with Gasteiger partial charge in [0.05, 0.1) is 19.2 Å². The van der Waals surface area contributed by atoms with E-state index in [1.54, 1.807) is 11.3 Å². The minimum Gasteiger partial charge on any atom is -0.494 e. The molecule has 8 nitrogen and oxygen atoms in total. The number of aromatic nitrogens is 5. The molecule has 0 bridgehead atoms. The van der Waals surface area contributed by atoms with Crippen molar-refractivity contribution in [2.45, 2.75) is 45.9 Å². The maximum Gasteiger partial charge on any atom is 0.252 e. The van der Waals surface area contributed by atoms with E-state index < -0.39 is 0 Å². The fourth-order valence-electron chi connectivity index (χ4n) is 4.62. The molecule has 5 rings (SSSR count). The Bertz CT molecular complexity index is 1500. The first-order chi connectivity index (χ1) is 18.1. The fourth-order valence-corrected chi connectivity index (χ4v) is 5.35. The van der Waals surface area contributed by atoms with Crippen molar-refractivity contribution in [1.82, 2.24) is 30.1 Å². The third kappa shape index (κ3) is 5.79. The summed E-state index contributed by atoms with van der Waals surface area (Å²) in [6.07, 6.45) is 0.792. The average molecular weight is 515 g/mol. The van der Waals surface area contributed by atoms with Crippen LogP contribution in [0.25, 0.3) is 10.9 Å². The highest BCUT2D eigenvalue weighted by molar-refractivity contribution is 7.09. The first-order valence-corrected chi connectivity index (χ1v) is 13.4. The van der Waals surface area contributed by atoms with Crippen molar-refractivity contribution in [2.24, 2.45) is 0 Å². The number of aromatic amines is 1. The zero-order chi connectivity index (χ0) is 25.6. The van der Waals surface area contributed by atoms with Crippen molar-refractivity contribution in [3.63, 3.8) is 0 Å². The molecule has 0 fully saturated rings. The molecule has 0 saturated heterocycles. The summed E-state index contributed by atoms with van der Waals surface area (Å²) in [5.74, 6) is 1.58. The lowest BCUT2D eigenvalue weighted by atomic mass is 10.1. The van der Waals surface area contributed by atoms with Crippen molar-refractivity contribution in [2.75, 3.05) is 6.61 Å². The summed E-state index contributed by atoms with van der Waals surface area (Å²) in [5, 5.41) is 15.8. The highest BCUT2D eigenvalue weighted by Crippen LogP contribution is 2.28. The van der Waals surface area contributed by atoms with Crippen molar-refractivity contribution in [1.29, 1.82) is 0 Å². The molecule has 190 valence electrons. The standard InChI is InChI=1S/C28H30N6O2S/c1-3-26(27-30-31-32-34(27)17-20-9-6-5-7-10-20)33(19-24-11-8-14-37-24)18-22-15-21-16-23(36-4-2)12-13-25(21)29-28(22)35/h5-16,26H,3-4,17-19H2,1-2H3,(H,29,35). The summed E-state index contributed by atoms with van der Waals surface area (Å²) in [4.78, 5) is 19.7. The van der Waals surface area contributed by atoms with Gasteiger partial charge >= 0.3 is 0 Å². The molecule has 1 unspecified atom stereocenters. The molecule has 1 N–H and O–H groups in total. The van der Waals surface area contributed by atoms with E-state index in [4.69, 9.17) is 4.74 Å². The zero-order valence-electron chi connectivity index (χ0n) is 21.0. The minimum absolute atomic E-state index is 0.0781. The third-order valence-corrected chi connectivity index (χ3v) is 7.24. The zero-order valence-corrected chi connectivity index (χ0v) is 21.8. The van der Waals surface area contributed by atoms with Gasteiger partial charge in [0.15, 0.2) is 5.82 Å². The summed E-state index contributed by atoms with van der Waals surface area (Å²) >= 11 is 1.71. The predicted octanol–water partition coefficient (Wildman–Crippen LogP) is 5.18. The molecule has 0 amide bonds. The number of rotatable bonds is 11. The van der Waals surface area contributed by atoms with Crippen LogP contribution in [0, 0.1) is 0 Å². The molecule has 0 spiro atoms. The lowest BCUT2D eigenvalue weighted by molar-refractivity contribution is 0.163. The van der Waals surface area contributed by atoms with Crippen molar-refractivity contribution < 1.29 is 4.74 Å². The molecule has 37 heavy (non-hydrogen) atoms. The number of H-pyrrole nitrogens is 1. The Morgan fingerprint density at radius 1 is 1.05 bits per heavy atom. The van der Waals surface area contributed by atoms with Gasteiger partial charge in [0.2, 0.25) is 0 Å². The van der Waals surface area contributed by atoms with Crippen LogP contribution in [0.3, 0.4) is 0 Å². The summed E-state index contributed by atoms with van der Waals surface area (Å²) in [7, 11) is 0. The Kier molecular flexibility index (Phi) is 7.72. The van der Waals surface area contributed by atoms with Crippen LogP contribution >= 0.6 is 11.3 Å². The van der Waals surface area contributed by atoms with Crippen LogP contribution in [0.1, 0.15) is 48.1 Å². The van der Waals surface area contributed by atoms with E-state index in [0.717, 1.165) is 34.5 Å². The quantitative estimate of drug-likeness (QED) is 0.261. The second kappa shape index (κ2) is 11.5. The number of pyridine rings is 1. The van der Waals surface area contributed by atoms with Crippen LogP contribution in [-0.2, 0) is 19.6 Å². The van der Waals surface area contributed by atoms with Gasteiger partial charge in [-0.25, -0.2) is 4.68 Å². The molecule has 0 aliphatic carbocycles. The molecule has 0 aliphatic rings. The predicted molar refractivity (Wildman–Crippen MR) is 146 cm³/mol.